The van der Waals surface area contributed by atoms with E-state index in [9.17, 15) is 9.90 Å². The van der Waals surface area contributed by atoms with Gasteiger partial charge in [0.05, 0.1) is 23.8 Å². The van der Waals surface area contributed by atoms with Gasteiger partial charge in [0.1, 0.15) is 17.0 Å². The average Bonchev–Trinajstić information content (AvgIpc) is 3.69. The van der Waals surface area contributed by atoms with E-state index in [1.165, 1.54) is 12.8 Å². The van der Waals surface area contributed by atoms with Crippen LogP contribution in [0.2, 0.25) is 0 Å². The average molecular weight is 576 g/mol. The zero-order valence-electron chi connectivity index (χ0n) is 24.8. The summed E-state index contributed by atoms with van der Waals surface area (Å²) in [5.41, 5.74) is 11.9. The van der Waals surface area contributed by atoms with Crippen LogP contribution in [0.15, 0.2) is 72.8 Å². The molecule has 0 bridgehead atoms. The molecule has 5 aromatic rings. The van der Waals surface area contributed by atoms with Crippen molar-refractivity contribution >= 4 is 27.8 Å². The van der Waals surface area contributed by atoms with Gasteiger partial charge in [0.25, 0.3) is 5.91 Å². The van der Waals surface area contributed by atoms with Crippen LogP contribution >= 0.6 is 0 Å². The molecule has 1 unspecified atom stereocenters. The van der Waals surface area contributed by atoms with E-state index in [0.717, 1.165) is 45.6 Å². The zero-order chi connectivity index (χ0) is 29.8. The van der Waals surface area contributed by atoms with E-state index in [1.807, 2.05) is 55.3 Å². The smallest absolute Gasteiger partial charge is 0.254 e. The van der Waals surface area contributed by atoms with E-state index >= 15 is 0 Å². The first-order valence-electron chi connectivity index (χ1n) is 15.0. The van der Waals surface area contributed by atoms with Crippen molar-refractivity contribution in [3.8, 4) is 34.1 Å². The van der Waals surface area contributed by atoms with Gasteiger partial charge in [-0.15, -0.1) is 0 Å². The van der Waals surface area contributed by atoms with Crippen molar-refractivity contribution < 1.29 is 14.6 Å². The van der Waals surface area contributed by atoms with Gasteiger partial charge in [-0.2, -0.15) is 0 Å². The predicted octanol–water partition coefficient (Wildman–Crippen LogP) is 5.96. The molecule has 1 saturated carbocycles. The number of nitrogens with two attached hydrogens (primary N) is 1. The number of amides is 1. The Hall–Kier alpha value is -4.56. The molecule has 8 nitrogen and oxygen atoms in total. The third-order valence-corrected chi connectivity index (χ3v) is 9.03. The van der Waals surface area contributed by atoms with Crippen LogP contribution in [0.3, 0.4) is 0 Å². The van der Waals surface area contributed by atoms with Crippen LogP contribution in [0, 0.1) is 11.8 Å². The van der Waals surface area contributed by atoms with Crippen molar-refractivity contribution in [1.82, 2.24) is 19.0 Å². The second-order valence-electron chi connectivity index (χ2n) is 12.0. The summed E-state index contributed by atoms with van der Waals surface area (Å²) < 4.78 is 10.3. The van der Waals surface area contributed by atoms with Gasteiger partial charge in [-0.25, -0.2) is 4.98 Å². The first-order chi connectivity index (χ1) is 20.9. The lowest BCUT2D eigenvalue weighted by Crippen LogP contribution is -2.44. The third-order valence-electron chi connectivity index (χ3n) is 9.03. The number of phenolic OH excluding ortho intramolecular Hbond substituents is 1. The highest BCUT2D eigenvalue weighted by molar-refractivity contribution is 6.02. The van der Waals surface area contributed by atoms with Gasteiger partial charge in [-0.1, -0.05) is 48.6 Å². The molecular formula is C35H37N5O3. The van der Waals surface area contributed by atoms with Crippen LogP contribution in [0.4, 0.5) is 0 Å². The Morgan fingerprint density at radius 2 is 1.84 bits per heavy atom. The molecule has 2 atom stereocenters. The van der Waals surface area contributed by atoms with Crippen molar-refractivity contribution in [2.24, 2.45) is 24.6 Å². The van der Waals surface area contributed by atoms with Crippen molar-refractivity contribution in [3.63, 3.8) is 0 Å². The number of benzene rings is 3. The summed E-state index contributed by atoms with van der Waals surface area (Å²) in [6.45, 7) is 3.98. The van der Waals surface area contributed by atoms with Gasteiger partial charge in [0, 0.05) is 60.7 Å². The molecule has 2 aliphatic rings. The fraction of sp³-hybridized carbons (Fsp3) is 0.314. The van der Waals surface area contributed by atoms with Crippen LogP contribution < -0.4 is 10.5 Å². The monoisotopic (exact) mass is 575 g/mol. The van der Waals surface area contributed by atoms with Crippen LogP contribution in [0.25, 0.3) is 44.6 Å². The van der Waals surface area contributed by atoms with Crippen LogP contribution in [-0.4, -0.2) is 56.3 Å². The van der Waals surface area contributed by atoms with Gasteiger partial charge in [-0.3, -0.25) is 4.79 Å². The highest BCUT2D eigenvalue weighted by Gasteiger charge is 2.29. The number of nitrogens with zero attached hydrogens (tertiary/aromatic N) is 4. The first kappa shape index (κ1) is 27.3. The Morgan fingerprint density at radius 3 is 2.58 bits per heavy atom. The van der Waals surface area contributed by atoms with Crippen LogP contribution in [0.5, 0.6) is 11.5 Å². The molecule has 0 saturated heterocycles. The van der Waals surface area contributed by atoms with E-state index < -0.39 is 0 Å². The Bertz CT molecular complexity index is 1900. The summed E-state index contributed by atoms with van der Waals surface area (Å²) in [6, 6.07) is 19.6. The number of imidazole rings is 1. The molecule has 3 N–H and O–H groups in total. The Kier molecular flexibility index (Phi) is 6.73. The van der Waals surface area contributed by atoms with E-state index in [2.05, 4.69) is 39.5 Å². The summed E-state index contributed by atoms with van der Waals surface area (Å²) in [5, 5.41) is 11.8. The van der Waals surface area contributed by atoms with Crippen LogP contribution in [0.1, 0.15) is 30.1 Å². The molecule has 0 spiro atoms. The minimum atomic E-state index is -0.0575. The number of carbonyl (C=O) groups is 1. The number of aromatic nitrogens is 3. The number of rotatable bonds is 7. The largest absolute Gasteiger partial charge is 0.507 e. The second-order valence-corrected chi connectivity index (χ2v) is 12.0. The summed E-state index contributed by atoms with van der Waals surface area (Å²) >= 11 is 0. The molecule has 8 heteroatoms. The van der Waals surface area contributed by atoms with Crippen molar-refractivity contribution in [1.29, 1.82) is 0 Å². The topological polar surface area (TPSA) is 98.5 Å². The maximum Gasteiger partial charge on any atom is 0.254 e. The number of aryl methyl sites for hydroxylation is 1. The Labute approximate surface area is 251 Å². The molecular weight excluding hydrogens is 538 g/mol. The molecule has 220 valence electrons. The maximum atomic E-state index is 13.8. The zero-order valence-corrected chi connectivity index (χ0v) is 24.8. The molecule has 43 heavy (non-hydrogen) atoms. The van der Waals surface area contributed by atoms with Gasteiger partial charge >= 0.3 is 0 Å². The standard InChI is InChI=1S/C35H37N5O3/c1-21-11-12-23(18-36)20-39(21)35(42)25-15-28-33(31(17-25)43-3)38(2)34(37-28)29-16-24-7-6-9-27(26-8-4-5-10-30(26)41)32(24)40(29)19-22-13-14-22/h4-12,15-17,21-23,41H,13-14,18-20,36H2,1-3H3/t21-,23?/m0/s1. The maximum absolute atomic E-state index is 13.8. The molecule has 7 rings (SSSR count). The van der Waals surface area contributed by atoms with Gasteiger partial charge in [-0.05, 0) is 49.9 Å². The minimum Gasteiger partial charge on any atom is -0.507 e. The van der Waals surface area contributed by atoms with Gasteiger partial charge in [0.2, 0.25) is 0 Å². The number of hydrogen-bond acceptors (Lipinski definition) is 5. The normalized spacial score (nSPS) is 18.6. The SMILES string of the molecule is COc1cc(C(=O)N2CC(CN)C=C[C@@H]2C)cc2nc(-c3cc4cccc(-c5ccccc5O)c4n3CC3CC3)n(C)c12. The number of hydrogen-bond donors (Lipinski definition) is 2. The van der Waals surface area contributed by atoms with Gasteiger partial charge in [0.15, 0.2) is 5.82 Å². The van der Waals surface area contributed by atoms with Crippen LogP contribution in [-0.2, 0) is 13.6 Å². The lowest BCUT2D eigenvalue weighted by molar-refractivity contribution is 0.0693. The molecule has 3 heterocycles. The molecule has 1 fully saturated rings. The Morgan fingerprint density at radius 1 is 1.05 bits per heavy atom. The second kappa shape index (κ2) is 10.6. The quantitative estimate of drug-likeness (QED) is 0.233. The predicted molar refractivity (Wildman–Crippen MR) is 170 cm³/mol. The van der Waals surface area contributed by atoms with E-state index in [1.54, 1.807) is 13.2 Å². The summed E-state index contributed by atoms with van der Waals surface area (Å²) in [7, 11) is 3.64. The number of phenols is 1. The van der Waals surface area contributed by atoms with Crippen molar-refractivity contribution in [3.05, 3.63) is 78.4 Å². The highest BCUT2D eigenvalue weighted by atomic mass is 16.5. The lowest BCUT2D eigenvalue weighted by Gasteiger charge is -2.33. The first-order valence-corrected chi connectivity index (χ1v) is 15.0. The highest BCUT2D eigenvalue weighted by Crippen LogP contribution is 2.42. The summed E-state index contributed by atoms with van der Waals surface area (Å²) in [5.74, 6) is 2.36. The molecule has 0 radical (unpaired) electrons. The van der Waals surface area contributed by atoms with Gasteiger partial charge < -0.3 is 29.6 Å². The molecule has 1 aliphatic carbocycles. The fourth-order valence-electron chi connectivity index (χ4n) is 6.48. The lowest BCUT2D eigenvalue weighted by atomic mass is 10.00. The van der Waals surface area contributed by atoms with Crippen molar-refractivity contribution in [2.75, 3.05) is 20.2 Å². The number of methoxy groups -OCH3 is 1. The summed E-state index contributed by atoms with van der Waals surface area (Å²) in [4.78, 5) is 20.8. The number of ether oxygens (including phenoxy) is 1. The summed E-state index contributed by atoms with van der Waals surface area (Å²) in [6.07, 6.45) is 6.56. The number of aromatic hydroxyl groups is 1. The Balaban J connectivity index is 1.39. The molecule has 3 aromatic carbocycles. The molecule has 2 aromatic heterocycles. The van der Waals surface area contributed by atoms with E-state index in [4.69, 9.17) is 15.5 Å². The molecule has 1 amide bonds. The number of para-hydroxylation sites is 2. The third kappa shape index (κ3) is 4.66. The fourth-order valence-corrected chi connectivity index (χ4v) is 6.48. The number of carbonyl (C=O) groups excluding carboxylic acids is 1. The van der Waals surface area contributed by atoms with E-state index in [0.29, 0.717) is 35.8 Å². The van der Waals surface area contributed by atoms with E-state index in [-0.39, 0.29) is 23.6 Å². The molecule has 1 aliphatic heterocycles. The minimum absolute atomic E-state index is 0.0207. The number of fused-ring (bicyclic) bond motifs is 2. The van der Waals surface area contributed by atoms with Crippen molar-refractivity contribution in [2.45, 2.75) is 32.4 Å².